The zero-order valence-electron chi connectivity index (χ0n) is 16.2. The molecule has 1 fully saturated rings. The van der Waals surface area contributed by atoms with Gasteiger partial charge in [0.05, 0.1) is 12.5 Å². The Bertz CT molecular complexity index is 946. The zero-order chi connectivity index (χ0) is 20.8. The first-order valence-corrected chi connectivity index (χ1v) is 10.0. The van der Waals surface area contributed by atoms with Crippen LogP contribution in [0.3, 0.4) is 0 Å². The highest BCUT2D eigenvalue weighted by atomic mass is 35.5. The fourth-order valence-corrected chi connectivity index (χ4v) is 3.52. The summed E-state index contributed by atoms with van der Waals surface area (Å²) in [6.07, 6.45) is 1.78. The van der Waals surface area contributed by atoms with Crippen molar-refractivity contribution in [3.05, 3.63) is 45.3 Å². The molecule has 154 valence electrons. The molecule has 1 unspecified atom stereocenters. The van der Waals surface area contributed by atoms with E-state index in [1.807, 2.05) is 0 Å². The maximum absolute atomic E-state index is 12.5. The van der Waals surface area contributed by atoms with Crippen molar-refractivity contribution in [1.29, 1.82) is 0 Å². The third kappa shape index (κ3) is 5.41. The third-order valence-corrected chi connectivity index (χ3v) is 5.07. The van der Waals surface area contributed by atoms with Gasteiger partial charge < -0.3 is 14.6 Å². The number of nitrogens with zero attached hydrogens (tertiary/aromatic N) is 3. The van der Waals surface area contributed by atoms with Crippen LogP contribution in [-0.4, -0.2) is 51.7 Å². The molecule has 1 atom stereocenters. The topological polar surface area (TPSA) is 105 Å². The minimum Gasteiger partial charge on any atom is -0.466 e. The highest BCUT2D eigenvalue weighted by Crippen LogP contribution is 2.20. The number of hydrogen-bond acceptors (Lipinski definition) is 6. The van der Waals surface area contributed by atoms with E-state index in [0.717, 1.165) is 12.8 Å². The van der Waals surface area contributed by atoms with Gasteiger partial charge in [-0.25, -0.2) is 0 Å². The Morgan fingerprint density at radius 3 is 2.90 bits per heavy atom. The summed E-state index contributed by atoms with van der Waals surface area (Å²) < 4.78 is 5.06. The van der Waals surface area contributed by atoms with Gasteiger partial charge in [-0.1, -0.05) is 23.7 Å². The standard InChI is InChI=1S/C20H23ClN4O4/c1-2-29-20(28)14-6-4-10-25(12-14)17(26)9-8-16-19(27)22-18(24-23-16)13-5-3-7-15(21)11-13/h3,5,7,11,14H,2,4,6,8-10,12H2,1H3,(H,22,24,27). The molecule has 29 heavy (non-hydrogen) atoms. The summed E-state index contributed by atoms with van der Waals surface area (Å²) in [7, 11) is 0. The molecule has 0 bridgehead atoms. The van der Waals surface area contributed by atoms with Gasteiger partial charge in [0.15, 0.2) is 5.82 Å². The molecule has 1 amide bonds. The molecular formula is C20H23ClN4O4. The number of H-pyrrole nitrogens is 1. The number of esters is 1. The number of halogens is 1. The van der Waals surface area contributed by atoms with E-state index in [9.17, 15) is 14.4 Å². The number of amides is 1. The van der Waals surface area contributed by atoms with Gasteiger partial charge in [-0.15, -0.1) is 10.2 Å². The minimum absolute atomic E-state index is 0.112. The maximum Gasteiger partial charge on any atom is 0.310 e. The Kier molecular flexibility index (Phi) is 6.98. The quantitative estimate of drug-likeness (QED) is 0.721. The number of piperidine rings is 1. The third-order valence-electron chi connectivity index (χ3n) is 4.83. The van der Waals surface area contributed by atoms with E-state index in [-0.39, 0.29) is 41.9 Å². The van der Waals surface area contributed by atoms with Crippen molar-refractivity contribution in [1.82, 2.24) is 20.1 Å². The summed E-state index contributed by atoms with van der Waals surface area (Å²) in [6.45, 7) is 3.05. The van der Waals surface area contributed by atoms with Crippen molar-refractivity contribution in [2.45, 2.75) is 32.6 Å². The molecule has 0 spiro atoms. The fourth-order valence-electron chi connectivity index (χ4n) is 3.33. The molecule has 3 rings (SSSR count). The van der Waals surface area contributed by atoms with Gasteiger partial charge in [0.1, 0.15) is 5.69 Å². The number of benzene rings is 1. The normalized spacial score (nSPS) is 16.5. The van der Waals surface area contributed by atoms with Crippen molar-refractivity contribution in [3.63, 3.8) is 0 Å². The van der Waals surface area contributed by atoms with Crippen LogP contribution < -0.4 is 5.56 Å². The number of rotatable bonds is 6. The van der Waals surface area contributed by atoms with Crippen LogP contribution in [0.1, 0.15) is 31.9 Å². The number of aromatic amines is 1. The molecule has 0 aliphatic carbocycles. The van der Waals surface area contributed by atoms with Crippen molar-refractivity contribution >= 4 is 23.5 Å². The van der Waals surface area contributed by atoms with Gasteiger partial charge in [-0.05, 0) is 31.9 Å². The van der Waals surface area contributed by atoms with E-state index in [1.54, 1.807) is 36.1 Å². The van der Waals surface area contributed by atoms with Crippen LogP contribution in [0.25, 0.3) is 11.4 Å². The number of nitrogens with one attached hydrogen (secondary N) is 1. The Hall–Kier alpha value is -2.74. The van der Waals surface area contributed by atoms with E-state index >= 15 is 0 Å². The van der Waals surface area contributed by atoms with Crippen LogP contribution in [0.4, 0.5) is 0 Å². The molecule has 0 saturated carbocycles. The molecule has 2 heterocycles. The summed E-state index contributed by atoms with van der Waals surface area (Å²) in [5.74, 6) is -0.336. The van der Waals surface area contributed by atoms with E-state index in [2.05, 4.69) is 15.2 Å². The second-order valence-corrected chi connectivity index (χ2v) is 7.33. The van der Waals surface area contributed by atoms with Gasteiger partial charge in [0, 0.05) is 36.5 Å². The molecule has 2 aromatic rings. The average Bonchev–Trinajstić information content (AvgIpc) is 2.73. The Labute approximate surface area is 173 Å². The molecule has 1 aliphatic heterocycles. The first-order valence-electron chi connectivity index (χ1n) is 9.64. The second kappa shape index (κ2) is 9.65. The van der Waals surface area contributed by atoms with E-state index < -0.39 is 0 Å². The predicted octanol–water partition coefficient (Wildman–Crippen LogP) is 2.22. The molecule has 1 aromatic carbocycles. The van der Waals surface area contributed by atoms with Crippen LogP contribution >= 0.6 is 11.6 Å². The predicted molar refractivity (Wildman–Crippen MR) is 107 cm³/mol. The summed E-state index contributed by atoms with van der Waals surface area (Å²) in [5.41, 5.74) is 0.469. The Balaban J connectivity index is 1.60. The number of ether oxygens (including phenoxy) is 1. The van der Waals surface area contributed by atoms with Gasteiger partial charge in [-0.3, -0.25) is 14.4 Å². The lowest BCUT2D eigenvalue weighted by Crippen LogP contribution is -2.43. The molecule has 0 radical (unpaired) electrons. The SMILES string of the molecule is CCOC(=O)C1CCCN(C(=O)CCc2nnc(-c3cccc(Cl)c3)[nH]c2=O)C1. The summed E-state index contributed by atoms with van der Waals surface area (Å²) >= 11 is 5.96. The molecule has 1 N–H and O–H groups in total. The minimum atomic E-state index is -0.384. The fraction of sp³-hybridized carbons (Fsp3) is 0.450. The van der Waals surface area contributed by atoms with Crippen molar-refractivity contribution in [2.24, 2.45) is 5.92 Å². The number of likely N-dealkylation sites (tertiary alicyclic amines) is 1. The second-order valence-electron chi connectivity index (χ2n) is 6.89. The van der Waals surface area contributed by atoms with Crippen molar-refractivity contribution in [2.75, 3.05) is 19.7 Å². The van der Waals surface area contributed by atoms with Crippen molar-refractivity contribution in [3.8, 4) is 11.4 Å². The Morgan fingerprint density at radius 2 is 2.17 bits per heavy atom. The van der Waals surface area contributed by atoms with Gasteiger partial charge in [0.2, 0.25) is 5.91 Å². The largest absolute Gasteiger partial charge is 0.466 e. The van der Waals surface area contributed by atoms with Crippen LogP contribution in [-0.2, 0) is 20.7 Å². The van der Waals surface area contributed by atoms with E-state index in [0.29, 0.717) is 36.1 Å². The molecule has 1 aromatic heterocycles. The number of aryl methyl sites for hydroxylation is 1. The zero-order valence-corrected chi connectivity index (χ0v) is 16.9. The van der Waals surface area contributed by atoms with Crippen LogP contribution in [0.15, 0.2) is 29.1 Å². The molecule has 1 saturated heterocycles. The monoisotopic (exact) mass is 418 g/mol. The van der Waals surface area contributed by atoms with E-state index in [1.165, 1.54) is 0 Å². The lowest BCUT2D eigenvalue weighted by molar-refractivity contribution is -0.151. The highest BCUT2D eigenvalue weighted by Gasteiger charge is 2.29. The summed E-state index contributed by atoms with van der Waals surface area (Å²) in [4.78, 5) is 41.1. The number of aromatic nitrogens is 3. The summed E-state index contributed by atoms with van der Waals surface area (Å²) in [6, 6.07) is 6.93. The highest BCUT2D eigenvalue weighted by molar-refractivity contribution is 6.30. The lowest BCUT2D eigenvalue weighted by Gasteiger charge is -2.31. The molecule has 9 heteroatoms. The lowest BCUT2D eigenvalue weighted by atomic mass is 9.98. The van der Waals surface area contributed by atoms with Crippen molar-refractivity contribution < 1.29 is 14.3 Å². The summed E-state index contributed by atoms with van der Waals surface area (Å²) in [5, 5.41) is 8.56. The van der Waals surface area contributed by atoms with Gasteiger partial charge in [-0.2, -0.15) is 0 Å². The molecular weight excluding hydrogens is 396 g/mol. The Morgan fingerprint density at radius 1 is 1.34 bits per heavy atom. The first-order chi connectivity index (χ1) is 14.0. The molecule has 8 nitrogen and oxygen atoms in total. The van der Waals surface area contributed by atoms with Crippen LogP contribution in [0, 0.1) is 5.92 Å². The first kappa shape index (κ1) is 21.0. The van der Waals surface area contributed by atoms with Crippen LogP contribution in [0.2, 0.25) is 5.02 Å². The molecule has 1 aliphatic rings. The number of carbonyl (C=O) groups excluding carboxylic acids is 2. The number of hydrogen-bond donors (Lipinski definition) is 1. The maximum atomic E-state index is 12.5. The smallest absolute Gasteiger partial charge is 0.310 e. The number of carbonyl (C=O) groups is 2. The van der Waals surface area contributed by atoms with E-state index in [4.69, 9.17) is 16.3 Å². The van der Waals surface area contributed by atoms with Gasteiger partial charge >= 0.3 is 5.97 Å². The van der Waals surface area contributed by atoms with Crippen LogP contribution in [0.5, 0.6) is 0 Å². The average molecular weight is 419 g/mol. The van der Waals surface area contributed by atoms with Gasteiger partial charge in [0.25, 0.3) is 5.56 Å².